The van der Waals surface area contributed by atoms with Gasteiger partial charge in [-0.05, 0) is 25.7 Å². The zero-order valence-electron chi connectivity index (χ0n) is 14.6. The SMILES string of the molecule is CCCSc1nc(NC2CC2)c2nnn(C3CC(CO)C(O)C3O)c2n1. The molecule has 0 amide bonds. The Bertz CT molecular complexity index is 783. The highest BCUT2D eigenvalue weighted by Crippen LogP contribution is 2.37. The Labute approximate surface area is 155 Å². The number of fused-ring (bicyclic) bond motifs is 1. The number of nitrogens with one attached hydrogen (secondary N) is 1. The smallest absolute Gasteiger partial charge is 0.191 e. The van der Waals surface area contributed by atoms with E-state index in [9.17, 15) is 15.3 Å². The summed E-state index contributed by atoms with van der Waals surface area (Å²) in [5.41, 5.74) is 1.13. The molecule has 0 aromatic carbocycles. The molecule has 2 aromatic rings. The van der Waals surface area contributed by atoms with Crippen LogP contribution in [0.5, 0.6) is 0 Å². The van der Waals surface area contributed by atoms with Crippen molar-refractivity contribution in [1.82, 2.24) is 25.0 Å². The molecule has 2 fully saturated rings. The lowest BCUT2D eigenvalue weighted by Gasteiger charge is -2.17. The molecule has 26 heavy (non-hydrogen) atoms. The monoisotopic (exact) mass is 380 g/mol. The summed E-state index contributed by atoms with van der Waals surface area (Å²) in [6.07, 6.45) is 1.67. The van der Waals surface area contributed by atoms with Gasteiger partial charge in [0.2, 0.25) is 0 Å². The van der Waals surface area contributed by atoms with Gasteiger partial charge >= 0.3 is 0 Å². The zero-order chi connectivity index (χ0) is 18.3. The maximum absolute atomic E-state index is 10.4. The first-order chi connectivity index (χ1) is 12.6. The van der Waals surface area contributed by atoms with Crippen LogP contribution in [0.2, 0.25) is 0 Å². The van der Waals surface area contributed by atoms with Crippen LogP contribution >= 0.6 is 11.8 Å². The molecule has 4 N–H and O–H groups in total. The Morgan fingerprint density at radius 1 is 1.23 bits per heavy atom. The number of anilines is 1. The lowest BCUT2D eigenvalue weighted by Crippen LogP contribution is -2.30. The second-order valence-corrected chi connectivity index (χ2v) is 8.12. The van der Waals surface area contributed by atoms with Gasteiger partial charge in [-0.3, -0.25) is 0 Å². The minimum Gasteiger partial charge on any atom is -0.396 e. The molecule has 2 saturated carbocycles. The molecule has 0 spiro atoms. The van der Waals surface area contributed by atoms with Crippen LogP contribution in [-0.2, 0) is 0 Å². The second kappa shape index (κ2) is 7.26. The van der Waals surface area contributed by atoms with Crippen LogP contribution in [0, 0.1) is 5.92 Å². The van der Waals surface area contributed by atoms with Crippen molar-refractivity contribution in [2.24, 2.45) is 5.92 Å². The summed E-state index contributed by atoms with van der Waals surface area (Å²) in [6.45, 7) is 1.93. The molecule has 10 heteroatoms. The first kappa shape index (κ1) is 17.9. The largest absolute Gasteiger partial charge is 0.396 e. The van der Waals surface area contributed by atoms with Gasteiger partial charge in [0.15, 0.2) is 22.1 Å². The fraction of sp³-hybridized carbons (Fsp3) is 0.750. The molecule has 0 radical (unpaired) electrons. The molecule has 4 rings (SSSR count). The van der Waals surface area contributed by atoms with E-state index in [0.29, 0.717) is 34.6 Å². The molecule has 0 saturated heterocycles. The Morgan fingerprint density at radius 3 is 2.69 bits per heavy atom. The molecular weight excluding hydrogens is 356 g/mol. The lowest BCUT2D eigenvalue weighted by atomic mass is 10.1. The summed E-state index contributed by atoms with van der Waals surface area (Å²) in [5, 5.41) is 42.4. The van der Waals surface area contributed by atoms with E-state index in [-0.39, 0.29) is 12.5 Å². The van der Waals surface area contributed by atoms with Gasteiger partial charge < -0.3 is 20.6 Å². The number of thioether (sulfide) groups is 1. The van der Waals surface area contributed by atoms with Crippen molar-refractivity contribution in [2.75, 3.05) is 17.7 Å². The van der Waals surface area contributed by atoms with Crippen molar-refractivity contribution in [2.45, 2.75) is 62.1 Å². The number of aliphatic hydroxyl groups excluding tert-OH is 3. The van der Waals surface area contributed by atoms with Crippen molar-refractivity contribution in [1.29, 1.82) is 0 Å². The van der Waals surface area contributed by atoms with Gasteiger partial charge in [-0.25, -0.2) is 14.6 Å². The summed E-state index contributed by atoms with van der Waals surface area (Å²) in [4.78, 5) is 9.21. The molecule has 0 bridgehead atoms. The van der Waals surface area contributed by atoms with Gasteiger partial charge in [0, 0.05) is 24.3 Å². The second-order valence-electron chi connectivity index (χ2n) is 7.05. The van der Waals surface area contributed by atoms with Crippen molar-refractivity contribution < 1.29 is 15.3 Å². The van der Waals surface area contributed by atoms with Gasteiger partial charge in [0.05, 0.1) is 12.1 Å². The first-order valence-electron chi connectivity index (χ1n) is 9.11. The van der Waals surface area contributed by atoms with Crippen molar-refractivity contribution in [3.8, 4) is 0 Å². The fourth-order valence-electron chi connectivity index (χ4n) is 3.34. The van der Waals surface area contributed by atoms with E-state index in [4.69, 9.17) is 0 Å². The maximum Gasteiger partial charge on any atom is 0.191 e. The third kappa shape index (κ3) is 3.26. The van der Waals surface area contributed by atoms with E-state index in [2.05, 4.69) is 32.5 Å². The number of nitrogens with zero attached hydrogens (tertiary/aromatic N) is 5. The summed E-state index contributed by atoms with van der Waals surface area (Å²) in [7, 11) is 0. The summed E-state index contributed by atoms with van der Waals surface area (Å²) in [5.74, 6) is 1.20. The maximum atomic E-state index is 10.4. The third-order valence-corrected chi connectivity index (χ3v) is 6.03. The Hall–Kier alpha value is -1.49. The standard InChI is InChI=1S/C16H24N6O3S/c1-2-5-26-16-18-14(17-9-3-4-9)11-15(19-16)22(21-20-11)10-6-8(7-23)12(24)13(10)25/h8-10,12-13,23-25H,2-7H2,1H3,(H,17,18,19). The van der Waals surface area contributed by atoms with E-state index >= 15 is 0 Å². The average Bonchev–Trinajstić information content (AvgIpc) is 3.29. The van der Waals surface area contributed by atoms with E-state index < -0.39 is 18.2 Å². The number of hydrogen-bond donors (Lipinski definition) is 4. The highest BCUT2D eigenvalue weighted by Gasteiger charge is 2.43. The van der Waals surface area contributed by atoms with Crippen LogP contribution < -0.4 is 5.32 Å². The van der Waals surface area contributed by atoms with Crippen LogP contribution in [0.4, 0.5) is 5.82 Å². The minimum absolute atomic E-state index is 0.178. The molecular formula is C16H24N6O3S. The first-order valence-corrected chi connectivity index (χ1v) is 10.1. The molecule has 2 heterocycles. The molecule has 2 aliphatic carbocycles. The lowest BCUT2D eigenvalue weighted by molar-refractivity contribution is -0.00512. The predicted octanol–water partition coefficient (Wildman–Crippen LogP) is 0.573. The highest BCUT2D eigenvalue weighted by atomic mass is 32.2. The van der Waals surface area contributed by atoms with E-state index in [0.717, 1.165) is 25.0 Å². The quantitative estimate of drug-likeness (QED) is 0.402. The summed E-state index contributed by atoms with van der Waals surface area (Å²) < 4.78 is 1.58. The third-order valence-electron chi connectivity index (χ3n) is 4.98. The van der Waals surface area contributed by atoms with Gasteiger partial charge in [-0.1, -0.05) is 23.9 Å². The Balaban J connectivity index is 1.73. The Kier molecular flexibility index (Phi) is 5.00. The minimum atomic E-state index is -1.02. The van der Waals surface area contributed by atoms with Crippen molar-refractivity contribution in [3.63, 3.8) is 0 Å². The van der Waals surface area contributed by atoms with Gasteiger partial charge in [-0.2, -0.15) is 0 Å². The molecule has 0 aliphatic heterocycles. The van der Waals surface area contributed by atoms with Gasteiger partial charge in [0.1, 0.15) is 6.10 Å². The van der Waals surface area contributed by atoms with E-state index in [1.165, 1.54) is 0 Å². The number of hydrogen-bond acceptors (Lipinski definition) is 9. The molecule has 4 unspecified atom stereocenters. The van der Waals surface area contributed by atoms with Crippen LogP contribution in [-0.4, -0.2) is 70.9 Å². The normalized spacial score (nSPS) is 28.8. The molecule has 142 valence electrons. The zero-order valence-corrected chi connectivity index (χ0v) is 15.4. The number of rotatable bonds is 7. The van der Waals surface area contributed by atoms with Gasteiger partial charge in [-0.15, -0.1) is 5.10 Å². The van der Waals surface area contributed by atoms with Crippen LogP contribution in [0.25, 0.3) is 11.2 Å². The summed E-state index contributed by atoms with van der Waals surface area (Å²) >= 11 is 1.57. The van der Waals surface area contributed by atoms with Crippen LogP contribution in [0.3, 0.4) is 0 Å². The molecule has 2 aromatic heterocycles. The number of aliphatic hydroxyl groups is 3. The summed E-state index contributed by atoms with van der Waals surface area (Å²) in [6, 6.07) is -0.0558. The molecule has 2 aliphatic rings. The van der Waals surface area contributed by atoms with Gasteiger partial charge in [0.25, 0.3) is 0 Å². The van der Waals surface area contributed by atoms with E-state index in [1.807, 2.05) is 0 Å². The highest BCUT2D eigenvalue weighted by molar-refractivity contribution is 7.99. The fourth-order valence-corrected chi connectivity index (χ4v) is 4.03. The van der Waals surface area contributed by atoms with Crippen LogP contribution in [0.1, 0.15) is 38.6 Å². The number of aromatic nitrogens is 5. The van der Waals surface area contributed by atoms with Crippen molar-refractivity contribution in [3.05, 3.63) is 0 Å². The molecule has 4 atom stereocenters. The Morgan fingerprint density at radius 2 is 2.04 bits per heavy atom. The van der Waals surface area contributed by atoms with Crippen molar-refractivity contribution >= 4 is 28.7 Å². The topological polar surface area (TPSA) is 129 Å². The average molecular weight is 380 g/mol. The molecule has 9 nitrogen and oxygen atoms in total. The predicted molar refractivity (Wildman–Crippen MR) is 97.0 cm³/mol. The van der Waals surface area contributed by atoms with E-state index in [1.54, 1.807) is 16.4 Å². The van der Waals surface area contributed by atoms with Crippen LogP contribution in [0.15, 0.2) is 5.16 Å².